The standard InChI is InChI=1S/C17H21NO5/c1-3-10-23-13-7-5-12(6-8-13)14-15(19)17(21)18(16(14)20)9-4-11-22-2/h5-8,19H,3-4,9-11H2,1-2H3. The number of aliphatic hydroxyl groups is 1. The van der Waals surface area contributed by atoms with Gasteiger partial charge in [-0.15, -0.1) is 0 Å². The molecule has 0 bridgehead atoms. The molecule has 0 saturated carbocycles. The zero-order valence-corrected chi connectivity index (χ0v) is 13.4. The summed E-state index contributed by atoms with van der Waals surface area (Å²) in [5.41, 5.74) is 0.536. The summed E-state index contributed by atoms with van der Waals surface area (Å²) < 4.78 is 10.4. The maximum atomic E-state index is 12.4. The molecule has 1 N–H and O–H groups in total. The highest BCUT2D eigenvalue weighted by molar-refractivity contribution is 6.34. The van der Waals surface area contributed by atoms with Crippen molar-refractivity contribution in [3.8, 4) is 5.75 Å². The van der Waals surface area contributed by atoms with Gasteiger partial charge in [0.2, 0.25) is 0 Å². The molecule has 0 fully saturated rings. The minimum atomic E-state index is -0.660. The zero-order valence-electron chi connectivity index (χ0n) is 13.4. The van der Waals surface area contributed by atoms with E-state index in [1.54, 1.807) is 31.4 Å². The first-order valence-corrected chi connectivity index (χ1v) is 7.61. The van der Waals surface area contributed by atoms with Crippen LogP contribution in [-0.4, -0.2) is 48.7 Å². The van der Waals surface area contributed by atoms with Crippen LogP contribution in [-0.2, 0) is 14.3 Å². The van der Waals surface area contributed by atoms with E-state index in [0.29, 0.717) is 30.9 Å². The van der Waals surface area contributed by atoms with Crippen molar-refractivity contribution in [2.24, 2.45) is 0 Å². The number of ether oxygens (including phenoxy) is 2. The van der Waals surface area contributed by atoms with Gasteiger partial charge >= 0.3 is 0 Å². The van der Waals surface area contributed by atoms with E-state index in [1.807, 2.05) is 6.92 Å². The number of aliphatic hydroxyl groups excluding tert-OH is 1. The van der Waals surface area contributed by atoms with E-state index in [4.69, 9.17) is 9.47 Å². The second-order valence-corrected chi connectivity index (χ2v) is 5.20. The first-order valence-electron chi connectivity index (χ1n) is 7.61. The predicted octanol–water partition coefficient (Wildman–Crippen LogP) is 2.15. The van der Waals surface area contributed by atoms with Crippen molar-refractivity contribution in [1.29, 1.82) is 0 Å². The van der Waals surface area contributed by atoms with Crippen LogP contribution in [0.5, 0.6) is 5.75 Å². The number of methoxy groups -OCH3 is 1. The number of amides is 2. The van der Waals surface area contributed by atoms with Gasteiger partial charge in [-0.2, -0.15) is 0 Å². The van der Waals surface area contributed by atoms with Crippen LogP contribution in [0.3, 0.4) is 0 Å². The van der Waals surface area contributed by atoms with E-state index >= 15 is 0 Å². The van der Waals surface area contributed by atoms with Crippen LogP contribution in [0.25, 0.3) is 5.57 Å². The van der Waals surface area contributed by atoms with Gasteiger partial charge in [0.25, 0.3) is 11.8 Å². The van der Waals surface area contributed by atoms with E-state index < -0.39 is 17.6 Å². The molecule has 1 aromatic carbocycles. The van der Waals surface area contributed by atoms with E-state index in [0.717, 1.165) is 11.3 Å². The van der Waals surface area contributed by atoms with Gasteiger partial charge in [-0.05, 0) is 30.5 Å². The Labute approximate surface area is 135 Å². The van der Waals surface area contributed by atoms with Crippen molar-refractivity contribution in [2.45, 2.75) is 19.8 Å². The number of nitrogens with zero attached hydrogens (tertiary/aromatic N) is 1. The van der Waals surface area contributed by atoms with E-state index in [2.05, 4.69) is 0 Å². The van der Waals surface area contributed by atoms with Crippen LogP contribution in [0.2, 0.25) is 0 Å². The lowest BCUT2D eigenvalue weighted by Gasteiger charge is -2.14. The molecule has 6 nitrogen and oxygen atoms in total. The maximum absolute atomic E-state index is 12.4. The van der Waals surface area contributed by atoms with E-state index in [1.165, 1.54) is 0 Å². The molecule has 6 heteroatoms. The SMILES string of the molecule is CCCOc1ccc(C2=C(O)C(=O)N(CCCOC)C2=O)cc1. The smallest absolute Gasteiger partial charge is 0.296 e. The largest absolute Gasteiger partial charge is 0.502 e. The molecular formula is C17H21NO5. The minimum Gasteiger partial charge on any atom is -0.502 e. The van der Waals surface area contributed by atoms with Crippen LogP contribution in [0, 0.1) is 0 Å². The van der Waals surface area contributed by atoms with Crippen LogP contribution < -0.4 is 4.74 Å². The molecule has 0 aliphatic carbocycles. The van der Waals surface area contributed by atoms with E-state index in [9.17, 15) is 14.7 Å². The monoisotopic (exact) mass is 319 g/mol. The predicted molar refractivity (Wildman–Crippen MR) is 85.0 cm³/mol. The Hall–Kier alpha value is -2.34. The van der Waals surface area contributed by atoms with E-state index in [-0.39, 0.29) is 12.1 Å². The van der Waals surface area contributed by atoms with Gasteiger partial charge < -0.3 is 14.6 Å². The Kier molecular flexibility index (Phi) is 5.76. The Morgan fingerprint density at radius 2 is 1.78 bits per heavy atom. The normalized spacial score (nSPS) is 14.8. The Morgan fingerprint density at radius 1 is 1.09 bits per heavy atom. The summed E-state index contributed by atoms with van der Waals surface area (Å²) >= 11 is 0. The fourth-order valence-electron chi connectivity index (χ4n) is 2.33. The van der Waals surface area contributed by atoms with Crippen molar-refractivity contribution >= 4 is 17.4 Å². The molecule has 124 valence electrons. The number of carbonyl (C=O) groups excluding carboxylic acids is 2. The third kappa shape index (κ3) is 3.71. The number of hydrogen-bond acceptors (Lipinski definition) is 5. The summed E-state index contributed by atoms with van der Waals surface area (Å²) in [7, 11) is 1.55. The number of carbonyl (C=O) groups is 2. The van der Waals surface area contributed by atoms with Gasteiger partial charge in [0.1, 0.15) is 5.75 Å². The Bertz CT molecular complexity index is 606. The third-order valence-electron chi connectivity index (χ3n) is 3.49. The molecule has 0 aromatic heterocycles. The summed E-state index contributed by atoms with van der Waals surface area (Å²) in [4.78, 5) is 25.5. The summed E-state index contributed by atoms with van der Waals surface area (Å²) in [5.74, 6) is -0.961. The first-order chi connectivity index (χ1) is 11.1. The molecule has 0 unspecified atom stereocenters. The van der Waals surface area contributed by atoms with Crippen molar-refractivity contribution in [1.82, 2.24) is 4.90 Å². The van der Waals surface area contributed by atoms with Gasteiger partial charge in [-0.25, -0.2) is 0 Å². The Morgan fingerprint density at radius 3 is 2.39 bits per heavy atom. The highest BCUT2D eigenvalue weighted by Gasteiger charge is 2.38. The number of hydrogen-bond donors (Lipinski definition) is 1. The first kappa shape index (κ1) is 17.0. The van der Waals surface area contributed by atoms with Crippen molar-refractivity contribution in [2.75, 3.05) is 26.9 Å². The Balaban J connectivity index is 2.15. The second kappa shape index (κ2) is 7.78. The number of imide groups is 1. The fraction of sp³-hybridized carbons (Fsp3) is 0.412. The lowest BCUT2D eigenvalue weighted by molar-refractivity contribution is -0.138. The average molecular weight is 319 g/mol. The van der Waals surface area contributed by atoms with Crippen molar-refractivity contribution in [3.63, 3.8) is 0 Å². The molecule has 0 radical (unpaired) electrons. The molecule has 1 aromatic rings. The zero-order chi connectivity index (χ0) is 16.8. The van der Waals surface area contributed by atoms with Crippen LogP contribution in [0.4, 0.5) is 0 Å². The highest BCUT2D eigenvalue weighted by Crippen LogP contribution is 2.29. The molecular weight excluding hydrogens is 298 g/mol. The van der Waals surface area contributed by atoms with Crippen LogP contribution in [0.15, 0.2) is 30.0 Å². The molecule has 0 spiro atoms. The van der Waals surface area contributed by atoms with Crippen LogP contribution >= 0.6 is 0 Å². The molecule has 0 atom stereocenters. The van der Waals surface area contributed by atoms with Crippen molar-refractivity contribution < 1.29 is 24.2 Å². The molecule has 0 saturated heterocycles. The molecule has 1 aliphatic rings. The summed E-state index contributed by atoms with van der Waals surface area (Å²) in [5, 5.41) is 10.0. The third-order valence-corrected chi connectivity index (χ3v) is 3.49. The second-order valence-electron chi connectivity index (χ2n) is 5.20. The van der Waals surface area contributed by atoms with Gasteiger partial charge in [0.15, 0.2) is 5.76 Å². The fourth-order valence-corrected chi connectivity index (χ4v) is 2.33. The number of benzene rings is 1. The molecule has 23 heavy (non-hydrogen) atoms. The summed E-state index contributed by atoms with van der Waals surface area (Å²) in [6.45, 7) is 3.28. The number of rotatable bonds is 8. The van der Waals surface area contributed by atoms with Gasteiger partial charge in [0, 0.05) is 20.3 Å². The lowest BCUT2D eigenvalue weighted by Crippen LogP contribution is -2.33. The molecule has 1 aliphatic heterocycles. The molecule has 1 heterocycles. The topological polar surface area (TPSA) is 76.1 Å². The van der Waals surface area contributed by atoms with Gasteiger partial charge in [-0.3, -0.25) is 14.5 Å². The average Bonchev–Trinajstić information content (AvgIpc) is 2.77. The lowest BCUT2D eigenvalue weighted by atomic mass is 10.1. The maximum Gasteiger partial charge on any atom is 0.296 e. The van der Waals surface area contributed by atoms with Crippen LogP contribution in [0.1, 0.15) is 25.3 Å². The minimum absolute atomic E-state index is 0.0365. The quantitative estimate of drug-likeness (QED) is 0.587. The molecule has 2 rings (SSSR count). The van der Waals surface area contributed by atoms with Crippen molar-refractivity contribution in [3.05, 3.63) is 35.6 Å². The molecule has 2 amide bonds. The van der Waals surface area contributed by atoms with Gasteiger partial charge in [0.05, 0.1) is 12.2 Å². The highest BCUT2D eigenvalue weighted by atomic mass is 16.5. The summed E-state index contributed by atoms with van der Waals surface area (Å²) in [6, 6.07) is 6.77. The summed E-state index contributed by atoms with van der Waals surface area (Å²) in [6.07, 6.45) is 1.43. The van der Waals surface area contributed by atoms with Gasteiger partial charge in [-0.1, -0.05) is 19.1 Å².